The predicted molar refractivity (Wildman–Crippen MR) is 140 cm³/mol. The molecule has 0 radical (unpaired) electrons. The summed E-state index contributed by atoms with van der Waals surface area (Å²) in [6.07, 6.45) is 8.90. The monoisotopic (exact) mass is 469 g/mol. The summed E-state index contributed by atoms with van der Waals surface area (Å²) in [5.74, 6) is 2.28. The van der Waals surface area contributed by atoms with Gasteiger partial charge in [0.2, 0.25) is 0 Å². The van der Waals surface area contributed by atoms with Gasteiger partial charge in [0.1, 0.15) is 10.7 Å². The van der Waals surface area contributed by atoms with Gasteiger partial charge in [0.15, 0.2) is 0 Å². The molecule has 34 heavy (non-hydrogen) atoms. The lowest BCUT2D eigenvalue weighted by Crippen LogP contribution is -2.48. The molecule has 3 aromatic rings. The molecule has 0 atom stereocenters. The average Bonchev–Trinajstić information content (AvgIpc) is 2.85. The lowest BCUT2D eigenvalue weighted by molar-refractivity contribution is -0.00454. The Bertz CT molecular complexity index is 1250. The number of carbonyl (C=O) groups is 1. The molecule has 2 N–H and O–H groups in total. The first kappa shape index (κ1) is 21.7. The zero-order valence-electron chi connectivity index (χ0n) is 19.6. The molecular weight excluding hydrogens is 438 g/mol. The van der Waals surface area contributed by atoms with Crippen molar-refractivity contribution in [2.24, 2.45) is 17.8 Å². The van der Waals surface area contributed by atoms with E-state index in [0.717, 1.165) is 35.3 Å². The summed E-state index contributed by atoms with van der Waals surface area (Å²) in [5, 5.41) is 1.21. The van der Waals surface area contributed by atoms with Crippen molar-refractivity contribution in [3.63, 3.8) is 0 Å². The van der Waals surface area contributed by atoms with Gasteiger partial charge in [-0.25, -0.2) is 4.98 Å². The summed E-state index contributed by atoms with van der Waals surface area (Å²) in [6.45, 7) is 2.12. The molecule has 0 saturated heterocycles. The molecule has 4 saturated carbocycles. The molecule has 174 valence electrons. The summed E-state index contributed by atoms with van der Waals surface area (Å²) in [7, 11) is 0. The molecule has 1 amide bonds. The molecular formula is C29H31N3OS. The van der Waals surface area contributed by atoms with E-state index in [-0.39, 0.29) is 11.3 Å². The highest BCUT2D eigenvalue weighted by Crippen LogP contribution is 2.61. The maximum Gasteiger partial charge on any atom is 0.288 e. The lowest BCUT2D eigenvalue weighted by atomic mass is 9.48. The number of hydrogen-bond donors (Lipinski definition) is 2. The minimum absolute atomic E-state index is 0.190. The molecule has 2 aromatic carbocycles. The molecule has 4 fully saturated rings. The Hall–Kier alpha value is -2.79. The highest BCUT2D eigenvalue weighted by Gasteiger charge is 2.52. The van der Waals surface area contributed by atoms with E-state index in [9.17, 15) is 4.79 Å². The SMILES string of the molecule is CCc1cccc(C(=S)NNC(=O)c2cc(C34CC5CC(CC(C5)C3)C4)c3ccccc3n2)c1. The van der Waals surface area contributed by atoms with Gasteiger partial charge < -0.3 is 0 Å². The van der Waals surface area contributed by atoms with Gasteiger partial charge >= 0.3 is 0 Å². The van der Waals surface area contributed by atoms with Crippen molar-refractivity contribution < 1.29 is 4.79 Å². The number of nitrogens with one attached hydrogen (secondary N) is 2. The largest absolute Gasteiger partial charge is 0.288 e. The van der Waals surface area contributed by atoms with E-state index in [4.69, 9.17) is 17.2 Å². The number of amides is 1. The van der Waals surface area contributed by atoms with Crippen molar-refractivity contribution in [3.05, 3.63) is 77.0 Å². The fourth-order valence-corrected chi connectivity index (χ4v) is 7.53. The van der Waals surface area contributed by atoms with E-state index < -0.39 is 0 Å². The van der Waals surface area contributed by atoms with Crippen molar-refractivity contribution in [1.82, 2.24) is 15.8 Å². The van der Waals surface area contributed by atoms with Gasteiger partial charge in [-0.2, -0.15) is 0 Å². The zero-order valence-corrected chi connectivity index (χ0v) is 20.5. The number of aryl methyl sites for hydroxylation is 1. The minimum atomic E-state index is -0.245. The van der Waals surface area contributed by atoms with Crippen LogP contribution in [0.2, 0.25) is 0 Å². The van der Waals surface area contributed by atoms with Gasteiger partial charge in [-0.15, -0.1) is 0 Å². The second-order valence-electron chi connectivity index (χ2n) is 10.7. The number of pyridine rings is 1. The van der Waals surface area contributed by atoms with E-state index in [2.05, 4.69) is 48.1 Å². The van der Waals surface area contributed by atoms with Gasteiger partial charge in [-0.1, -0.05) is 55.5 Å². The van der Waals surface area contributed by atoms with Crippen LogP contribution in [0.1, 0.15) is 72.6 Å². The third kappa shape index (κ3) is 3.80. The first-order chi connectivity index (χ1) is 16.5. The standard InChI is InChI=1S/C29H31N3OS/c1-2-18-6-5-7-22(13-18)28(34)32-31-27(33)26-14-24(23-8-3-4-9-25(23)30-26)29-15-19-10-20(16-29)12-21(11-19)17-29/h3-9,13-14,19-21H,2,10-12,15-17H2,1H3,(H,31,33)(H,32,34). The number of aromatic nitrogens is 1. The number of nitrogens with zero attached hydrogens (tertiary/aromatic N) is 1. The summed E-state index contributed by atoms with van der Waals surface area (Å²) < 4.78 is 0. The second-order valence-corrected chi connectivity index (χ2v) is 11.1. The molecule has 0 aliphatic heterocycles. The fourth-order valence-electron chi connectivity index (χ4n) is 7.35. The first-order valence-corrected chi connectivity index (χ1v) is 13.0. The number of rotatable bonds is 4. The molecule has 5 heteroatoms. The Balaban J connectivity index is 1.29. The Labute approximate surface area is 206 Å². The van der Waals surface area contributed by atoms with E-state index >= 15 is 0 Å². The molecule has 1 aromatic heterocycles. The summed E-state index contributed by atoms with van der Waals surface area (Å²) in [4.78, 5) is 18.5. The maximum atomic E-state index is 13.2. The second kappa shape index (κ2) is 8.46. The molecule has 0 spiro atoms. The Morgan fingerprint density at radius 2 is 1.68 bits per heavy atom. The third-order valence-electron chi connectivity index (χ3n) is 8.45. The van der Waals surface area contributed by atoms with Crippen LogP contribution in [0.4, 0.5) is 0 Å². The molecule has 7 rings (SSSR count). The van der Waals surface area contributed by atoms with E-state index in [1.54, 1.807) is 0 Å². The van der Waals surface area contributed by atoms with Crippen molar-refractivity contribution in [3.8, 4) is 0 Å². The number of carbonyl (C=O) groups excluding carboxylic acids is 1. The fraction of sp³-hybridized carbons (Fsp3) is 0.414. The van der Waals surface area contributed by atoms with Crippen molar-refractivity contribution in [2.75, 3.05) is 0 Å². The zero-order chi connectivity index (χ0) is 23.3. The van der Waals surface area contributed by atoms with Crippen LogP contribution in [-0.4, -0.2) is 15.9 Å². The third-order valence-corrected chi connectivity index (χ3v) is 8.78. The van der Waals surface area contributed by atoms with Crippen LogP contribution in [0.25, 0.3) is 10.9 Å². The Morgan fingerprint density at radius 1 is 0.971 bits per heavy atom. The number of hydrogen-bond acceptors (Lipinski definition) is 3. The van der Waals surface area contributed by atoms with Crippen LogP contribution in [0.15, 0.2) is 54.6 Å². The number of thiocarbonyl (C=S) groups is 1. The molecule has 4 aliphatic rings. The summed E-state index contributed by atoms with van der Waals surface area (Å²) in [6, 6.07) is 18.5. The predicted octanol–water partition coefficient (Wildman–Crippen LogP) is 5.88. The smallest absolute Gasteiger partial charge is 0.287 e. The number of benzene rings is 2. The molecule has 0 unspecified atom stereocenters. The average molecular weight is 470 g/mol. The topological polar surface area (TPSA) is 54.0 Å². The lowest BCUT2D eigenvalue weighted by Gasteiger charge is -2.57. The van der Waals surface area contributed by atoms with E-state index in [1.165, 1.54) is 55.0 Å². The van der Waals surface area contributed by atoms with Crippen LogP contribution in [-0.2, 0) is 11.8 Å². The normalized spacial score (nSPS) is 27.0. The number of para-hydroxylation sites is 1. The van der Waals surface area contributed by atoms with Crippen LogP contribution < -0.4 is 10.9 Å². The Morgan fingerprint density at radius 3 is 2.38 bits per heavy atom. The van der Waals surface area contributed by atoms with Gasteiger partial charge in [-0.05, 0) is 97.4 Å². The quantitative estimate of drug-likeness (QED) is 0.370. The van der Waals surface area contributed by atoms with Gasteiger partial charge in [0.25, 0.3) is 5.91 Å². The number of fused-ring (bicyclic) bond motifs is 1. The van der Waals surface area contributed by atoms with Crippen LogP contribution in [0, 0.1) is 17.8 Å². The highest BCUT2D eigenvalue weighted by atomic mass is 32.1. The van der Waals surface area contributed by atoms with Crippen LogP contribution >= 0.6 is 12.2 Å². The van der Waals surface area contributed by atoms with E-state index in [0.29, 0.717) is 10.7 Å². The maximum absolute atomic E-state index is 13.2. The molecule has 4 nitrogen and oxygen atoms in total. The van der Waals surface area contributed by atoms with Crippen molar-refractivity contribution in [1.29, 1.82) is 0 Å². The van der Waals surface area contributed by atoms with Gasteiger partial charge in [-0.3, -0.25) is 15.6 Å². The van der Waals surface area contributed by atoms with Gasteiger partial charge in [0, 0.05) is 10.9 Å². The highest BCUT2D eigenvalue weighted by molar-refractivity contribution is 7.80. The van der Waals surface area contributed by atoms with E-state index in [1.807, 2.05) is 24.3 Å². The van der Waals surface area contributed by atoms with Crippen LogP contribution in [0.5, 0.6) is 0 Å². The molecule has 4 bridgehead atoms. The molecule has 4 aliphatic carbocycles. The minimum Gasteiger partial charge on any atom is -0.287 e. The summed E-state index contributed by atoms with van der Waals surface area (Å²) in [5.41, 5.74) is 10.7. The van der Waals surface area contributed by atoms with Crippen LogP contribution in [0.3, 0.4) is 0 Å². The summed E-state index contributed by atoms with van der Waals surface area (Å²) >= 11 is 5.53. The number of hydrazine groups is 1. The Kier molecular flexibility index (Phi) is 5.40. The molecule has 1 heterocycles. The first-order valence-electron chi connectivity index (χ1n) is 12.6. The van der Waals surface area contributed by atoms with Crippen molar-refractivity contribution >= 4 is 34.0 Å². The van der Waals surface area contributed by atoms with Crippen molar-refractivity contribution in [2.45, 2.75) is 57.3 Å². The van der Waals surface area contributed by atoms with Gasteiger partial charge in [0.05, 0.1) is 5.52 Å².